The zero-order chi connectivity index (χ0) is 25.5. The van der Waals surface area contributed by atoms with Crippen LogP contribution in [0.2, 0.25) is 0 Å². The Balaban J connectivity index is 1.48. The first-order valence-electron chi connectivity index (χ1n) is 12.0. The van der Waals surface area contributed by atoms with Gasteiger partial charge in [0, 0.05) is 32.0 Å². The van der Waals surface area contributed by atoms with Crippen LogP contribution in [0.1, 0.15) is 46.3 Å². The van der Waals surface area contributed by atoms with Gasteiger partial charge in [-0.2, -0.15) is 0 Å². The van der Waals surface area contributed by atoms with Gasteiger partial charge >= 0.3 is 6.09 Å². The van der Waals surface area contributed by atoms with Crippen molar-refractivity contribution in [1.82, 2.24) is 9.97 Å². The van der Waals surface area contributed by atoms with Gasteiger partial charge in [0.15, 0.2) is 0 Å². The van der Waals surface area contributed by atoms with Gasteiger partial charge in [0.25, 0.3) is 5.91 Å². The van der Waals surface area contributed by atoms with E-state index in [1.54, 1.807) is 11.1 Å². The molecular weight excluding hydrogens is 458 g/mol. The van der Waals surface area contributed by atoms with Gasteiger partial charge < -0.3 is 25.0 Å². The molecule has 1 atom stereocenters. The first-order chi connectivity index (χ1) is 17.4. The Hall–Kier alpha value is -3.98. The number of aromatic nitrogens is 2. The number of carbonyl (C=O) groups is 2. The van der Waals surface area contributed by atoms with Crippen LogP contribution in [0.5, 0.6) is 0 Å². The average Bonchev–Trinajstić information content (AvgIpc) is 3.00. The Morgan fingerprint density at radius 1 is 1.14 bits per heavy atom. The Labute approximate surface area is 210 Å². The summed E-state index contributed by atoms with van der Waals surface area (Å²) in [5.41, 5.74) is 8.35. The highest BCUT2D eigenvalue weighted by molar-refractivity contribution is 6.09. The van der Waals surface area contributed by atoms with Crippen LogP contribution in [0, 0.1) is 6.92 Å². The van der Waals surface area contributed by atoms with E-state index in [4.69, 9.17) is 15.2 Å². The van der Waals surface area contributed by atoms with E-state index >= 15 is 0 Å². The summed E-state index contributed by atoms with van der Waals surface area (Å²) >= 11 is 0. The highest BCUT2D eigenvalue weighted by Gasteiger charge is 2.27. The molecule has 0 saturated carbocycles. The van der Waals surface area contributed by atoms with Crippen molar-refractivity contribution in [2.45, 2.75) is 32.5 Å². The van der Waals surface area contributed by atoms with E-state index in [2.05, 4.69) is 9.97 Å². The number of nitrogens with zero attached hydrogens (tertiary/aromatic N) is 4. The van der Waals surface area contributed by atoms with Gasteiger partial charge in [-0.05, 0) is 43.0 Å². The molecule has 9 heteroatoms. The van der Waals surface area contributed by atoms with Crippen LogP contribution in [-0.4, -0.2) is 48.7 Å². The number of anilines is 2. The summed E-state index contributed by atoms with van der Waals surface area (Å²) in [4.78, 5) is 36.7. The van der Waals surface area contributed by atoms with Gasteiger partial charge in [0.2, 0.25) is 0 Å². The molecule has 0 fully saturated rings. The number of fused-ring (bicyclic) bond motifs is 1. The number of aryl methyl sites for hydroxylation is 1. The number of amides is 2. The second-order valence-corrected chi connectivity index (χ2v) is 8.72. The fraction of sp³-hybridized carbons (Fsp3) is 0.333. The van der Waals surface area contributed by atoms with Gasteiger partial charge in [0.05, 0.1) is 19.3 Å². The predicted molar refractivity (Wildman–Crippen MR) is 137 cm³/mol. The summed E-state index contributed by atoms with van der Waals surface area (Å²) in [5.74, 6) is 1.17. The number of ether oxygens (including phenoxy) is 2. The molecule has 0 radical (unpaired) electrons. The van der Waals surface area contributed by atoms with E-state index in [0.29, 0.717) is 49.7 Å². The van der Waals surface area contributed by atoms with Gasteiger partial charge in [-0.1, -0.05) is 42.5 Å². The summed E-state index contributed by atoms with van der Waals surface area (Å²) in [6, 6.07) is 17.8. The molecule has 2 aromatic carbocycles. The van der Waals surface area contributed by atoms with E-state index < -0.39 is 6.09 Å². The zero-order valence-electron chi connectivity index (χ0n) is 20.6. The van der Waals surface area contributed by atoms with Crippen molar-refractivity contribution >= 4 is 23.5 Å². The number of nitrogens with two attached hydrogens (primary N) is 1. The molecule has 3 aromatic rings. The monoisotopic (exact) mass is 489 g/mol. The molecule has 0 spiro atoms. The lowest BCUT2D eigenvalue weighted by atomic mass is 10.0. The van der Waals surface area contributed by atoms with Gasteiger partial charge in [-0.25, -0.2) is 14.8 Å². The first-order valence-corrected chi connectivity index (χ1v) is 12.0. The lowest BCUT2D eigenvalue weighted by molar-refractivity contribution is 0.0287. The standard InChI is InChI=1S/C27H31N5O4/c1-19-29-17-23-25(30-19)31(2)13-14-32(26(23)33)22-11-6-8-20(16-22)18-36-24(12-7-15-35-27(28)34)21-9-4-3-5-10-21/h3-6,8-11,16-17,24H,7,12-15,18H2,1-2H3,(H2,28,34)/t24-/m1/s1. The van der Waals surface area contributed by atoms with Crippen molar-refractivity contribution in [1.29, 1.82) is 0 Å². The minimum atomic E-state index is -0.775. The highest BCUT2D eigenvalue weighted by Crippen LogP contribution is 2.28. The SMILES string of the molecule is Cc1ncc2c(n1)N(C)CCN(c1cccc(CO[C@H](CCCOC(N)=O)c3ccccc3)c1)C2=O. The van der Waals surface area contributed by atoms with E-state index in [9.17, 15) is 9.59 Å². The van der Waals surface area contributed by atoms with E-state index in [1.165, 1.54) is 0 Å². The molecule has 2 heterocycles. The summed E-state index contributed by atoms with van der Waals surface area (Å²) in [6.45, 7) is 3.61. The number of likely N-dealkylation sites (N-methyl/N-ethyl adjacent to an activating group) is 1. The van der Waals surface area contributed by atoms with Gasteiger partial charge in [-0.15, -0.1) is 0 Å². The minimum absolute atomic E-state index is 0.121. The highest BCUT2D eigenvalue weighted by atomic mass is 16.5. The third-order valence-corrected chi connectivity index (χ3v) is 6.08. The molecule has 1 aliphatic rings. The molecule has 2 amide bonds. The van der Waals surface area contributed by atoms with Crippen LogP contribution in [0.3, 0.4) is 0 Å². The number of primary amides is 1. The maximum absolute atomic E-state index is 13.4. The first kappa shape index (κ1) is 25.1. The number of rotatable bonds is 9. The van der Waals surface area contributed by atoms with Crippen molar-refractivity contribution in [2.24, 2.45) is 5.73 Å². The normalized spacial score (nSPS) is 14.2. The zero-order valence-corrected chi connectivity index (χ0v) is 20.6. The molecule has 0 bridgehead atoms. The Morgan fingerprint density at radius 3 is 2.72 bits per heavy atom. The van der Waals surface area contributed by atoms with Crippen LogP contribution in [0.4, 0.5) is 16.3 Å². The lowest BCUT2D eigenvalue weighted by Crippen LogP contribution is -2.33. The average molecular weight is 490 g/mol. The summed E-state index contributed by atoms with van der Waals surface area (Å²) in [6.07, 6.45) is 1.95. The van der Waals surface area contributed by atoms with Crippen molar-refractivity contribution in [3.8, 4) is 0 Å². The Bertz CT molecular complexity index is 1200. The molecule has 4 rings (SSSR count). The molecule has 0 saturated heterocycles. The third kappa shape index (κ3) is 6.17. The van der Waals surface area contributed by atoms with Gasteiger partial charge in [0.1, 0.15) is 17.2 Å². The quantitative estimate of drug-likeness (QED) is 0.452. The number of carbonyl (C=O) groups excluding carboxylic acids is 2. The maximum atomic E-state index is 13.4. The molecule has 188 valence electrons. The van der Waals surface area contributed by atoms with Crippen molar-refractivity contribution < 1.29 is 19.1 Å². The largest absolute Gasteiger partial charge is 0.450 e. The molecule has 2 N–H and O–H groups in total. The summed E-state index contributed by atoms with van der Waals surface area (Å²) in [7, 11) is 1.94. The van der Waals surface area contributed by atoms with Crippen LogP contribution in [0.25, 0.3) is 0 Å². The van der Waals surface area contributed by atoms with Crippen molar-refractivity contribution in [2.75, 3.05) is 36.5 Å². The van der Waals surface area contributed by atoms with Crippen LogP contribution in [0.15, 0.2) is 60.8 Å². The van der Waals surface area contributed by atoms with Crippen molar-refractivity contribution in [3.63, 3.8) is 0 Å². The number of hydrogen-bond acceptors (Lipinski definition) is 7. The minimum Gasteiger partial charge on any atom is -0.450 e. The summed E-state index contributed by atoms with van der Waals surface area (Å²) in [5, 5.41) is 0. The van der Waals surface area contributed by atoms with Crippen LogP contribution < -0.4 is 15.5 Å². The molecule has 0 aliphatic carbocycles. The molecule has 9 nitrogen and oxygen atoms in total. The lowest BCUT2D eigenvalue weighted by Gasteiger charge is -2.22. The topological polar surface area (TPSA) is 111 Å². The van der Waals surface area contributed by atoms with Crippen molar-refractivity contribution in [3.05, 3.63) is 83.3 Å². The molecule has 1 aliphatic heterocycles. The maximum Gasteiger partial charge on any atom is 0.404 e. The van der Waals surface area contributed by atoms with Gasteiger partial charge in [-0.3, -0.25) is 4.79 Å². The fourth-order valence-corrected chi connectivity index (χ4v) is 4.22. The van der Waals surface area contributed by atoms with E-state index in [1.807, 2.05) is 73.5 Å². The molecule has 0 unspecified atom stereocenters. The van der Waals surface area contributed by atoms with E-state index in [-0.39, 0.29) is 18.6 Å². The fourth-order valence-electron chi connectivity index (χ4n) is 4.22. The predicted octanol–water partition coefficient (Wildman–Crippen LogP) is 4.02. The number of benzene rings is 2. The third-order valence-electron chi connectivity index (χ3n) is 6.08. The second-order valence-electron chi connectivity index (χ2n) is 8.72. The van der Waals surface area contributed by atoms with Crippen LogP contribution >= 0.6 is 0 Å². The number of hydrogen-bond donors (Lipinski definition) is 1. The van der Waals surface area contributed by atoms with E-state index in [0.717, 1.165) is 16.8 Å². The molecule has 1 aromatic heterocycles. The molecule has 36 heavy (non-hydrogen) atoms. The van der Waals surface area contributed by atoms with Crippen LogP contribution in [-0.2, 0) is 16.1 Å². The second kappa shape index (κ2) is 11.6. The summed E-state index contributed by atoms with van der Waals surface area (Å²) < 4.78 is 11.2. The molecular formula is C27H31N5O4. The smallest absolute Gasteiger partial charge is 0.404 e. The Kier molecular flexibility index (Phi) is 8.12. The Morgan fingerprint density at radius 2 is 1.94 bits per heavy atom.